The van der Waals surface area contributed by atoms with Crippen LogP contribution in [0.4, 0.5) is 0 Å². The Labute approximate surface area is 151 Å². The first-order valence-corrected chi connectivity index (χ1v) is 8.75. The SMILES string of the molecule is CC(C)[C@H](NC(=O)CCCCCn1nnc2ccccc2c1=O)C(=O)O. The number of nitrogens with zero attached hydrogens (tertiary/aromatic N) is 3. The summed E-state index contributed by atoms with van der Waals surface area (Å²) in [5, 5.41) is 20.1. The maximum atomic E-state index is 12.3. The highest BCUT2D eigenvalue weighted by molar-refractivity contribution is 5.83. The average Bonchev–Trinajstić information content (AvgIpc) is 2.60. The molecule has 0 unspecified atom stereocenters. The Kier molecular flexibility index (Phi) is 6.82. The van der Waals surface area contributed by atoms with E-state index in [1.54, 1.807) is 38.1 Å². The van der Waals surface area contributed by atoms with Crippen molar-refractivity contribution < 1.29 is 14.7 Å². The number of aliphatic carboxylic acids is 1. The van der Waals surface area contributed by atoms with Gasteiger partial charge in [0, 0.05) is 13.0 Å². The van der Waals surface area contributed by atoms with Crippen LogP contribution >= 0.6 is 0 Å². The number of aryl methyl sites for hydroxylation is 1. The molecule has 0 aliphatic carbocycles. The van der Waals surface area contributed by atoms with E-state index >= 15 is 0 Å². The van der Waals surface area contributed by atoms with Crippen molar-refractivity contribution in [1.82, 2.24) is 20.3 Å². The molecule has 0 aliphatic heterocycles. The van der Waals surface area contributed by atoms with Gasteiger partial charge in [0.2, 0.25) is 5.91 Å². The predicted molar refractivity (Wildman–Crippen MR) is 96.7 cm³/mol. The van der Waals surface area contributed by atoms with Crippen LogP contribution in [0.15, 0.2) is 29.1 Å². The lowest BCUT2D eigenvalue weighted by Gasteiger charge is -2.17. The highest BCUT2D eigenvalue weighted by atomic mass is 16.4. The fourth-order valence-corrected chi connectivity index (χ4v) is 2.65. The van der Waals surface area contributed by atoms with E-state index in [2.05, 4.69) is 15.6 Å². The van der Waals surface area contributed by atoms with Crippen molar-refractivity contribution in [3.05, 3.63) is 34.6 Å². The van der Waals surface area contributed by atoms with Crippen LogP contribution in [-0.2, 0) is 16.1 Å². The third kappa shape index (κ3) is 5.11. The van der Waals surface area contributed by atoms with Crippen LogP contribution in [0.5, 0.6) is 0 Å². The van der Waals surface area contributed by atoms with E-state index in [4.69, 9.17) is 5.11 Å². The Morgan fingerprint density at radius 1 is 1.19 bits per heavy atom. The molecule has 0 spiro atoms. The third-order valence-corrected chi connectivity index (χ3v) is 4.15. The maximum absolute atomic E-state index is 12.3. The summed E-state index contributed by atoms with van der Waals surface area (Å²) in [5.41, 5.74) is 0.401. The molecular formula is C18H24N4O4. The van der Waals surface area contributed by atoms with E-state index in [-0.39, 0.29) is 23.8 Å². The summed E-state index contributed by atoms with van der Waals surface area (Å²) in [6.07, 6.45) is 2.29. The smallest absolute Gasteiger partial charge is 0.326 e. The molecule has 0 saturated carbocycles. The van der Waals surface area contributed by atoms with Crippen molar-refractivity contribution >= 4 is 22.8 Å². The number of carbonyl (C=O) groups is 2. The van der Waals surface area contributed by atoms with E-state index in [9.17, 15) is 14.4 Å². The van der Waals surface area contributed by atoms with Gasteiger partial charge in [-0.25, -0.2) is 9.48 Å². The number of aromatic nitrogens is 3. The number of fused-ring (bicyclic) bond motifs is 1. The number of hydrogen-bond acceptors (Lipinski definition) is 5. The Morgan fingerprint density at radius 3 is 2.62 bits per heavy atom. The average molecular weight is 360 g/mol. The number of benzene rings is 1. The highest BCUT2D eigenvalue weighted by Crippen LogP contribution is 2.06. The lowest BCUT2D eigenvalue weighted by atomic mass is 10.0. The Morgan fingerprint density at radius 2 is 1.92 bits per heavy atom. The molecule has 1 aromatic carbocycles. The zero-order valence-electron chi connectivity index (χ0n) is 15.0. The molecule has 8 nitrogen and oxygen atoms in total. The van der Waals surface area contributed by atoms with Crippen LogP contribution in [0.2, 0.25) is 0 Å². The van der Waals surface area contributed by atoms with Crippen LogP contribution in [0.3, 0.4) is 0 Å². The zero-order valence-corrected chi connectivity index (χ0v) is 15.0. The highest BCUT2D eigenvalue weighted by Gasteiger charge is 2.22. The number of carboxylic acids is 1. The Balaban J connectivity index is 1.77. The van der Waals surface area contributed by atoms with Crippen LogP contribution in [-0.4, -0.2) is 38.0 Å². The summed E-state index contributed by atoms with van der Waals surface area (Å²) in [6.45, 7) is 3.94. The standard InChI is InChI=1S/C18H24N4O4/c1-12(2)16(18(25)26)19-15(23)10-4-3-7-11-22-17(24)13-8-5-6-9-14(13)20-21-22/h5-6,8-9,12,16H,3-4,7,10-11H2,1-2H3,(H,19,23)(H,25,26)/t16-/m0/s1. The molecule has 0 bridgehead atoms. The van der Waals surface area contributed by atoms with Crippen LogP contribution in [0, 0.1) is 5.92 Å². The van der Waals surface area contributed by atoms with Crippen LogP contribution in [0.25, 0.3) is 10.9 Å². The Hall–Kier alpha value is -2.77. The number of carboxylic acid groups (broad SMARTS) is 1. The molecule has 0 aliphatic rings. The van der Waals surface area contributed by atoms with E-state index in [1.165, 1.54) is 4.68 Å². The van der Waals surface area contributed by atoms with Crippen molar-refractivity contribution in [2.45, 2.75) is 52.1 Å². The normalized spacial score (nSPS) is 12.3. The predicted octanol–water partition coefficient (Wildman–Crippen LogP) is 1.58. The number of nitrogens with one attached hydrogen (secondary N) is 1. The summed E-state index contributed by atoms with van der Waals surface area (Å²) in [5.74, 6) is -1.47. The second-order valence-electron chi connectivity index (χ2n) is 6.57. The number of hydrogen-bond donors (Lipinski definition) is 2. The number of amides is 1. The van der Waals surface area contributed by atoms with E-state index in [1.807, 2.05) is 0 Å². The monoisotopic (exact) mass is 360 g/mol. The molecule has 2 N–H and O–H groups in total. The molecule has 0 radical (unpaired) electrons. The van der Waals surface area contributed by atoms with Crippen molar-refractivity contribution in [3.8, 4) is 0 Å². The first-order chi connectivity index (χ1) is 12.4. The topological polar surface area (TPSA) is 114 Å². The van der Waals surface area contributed by atoms with Gasteiger partial charge in [-0.2, -0.15) is 0 Å². The molecule has 2 rings (SSSR count). The van der Waals surface area contributed by atoms with E-state index in [0.29, 0.717) is 30.3 Å². The fourth-order valence-electron chi connectivity index (χ4n) is 2.65. The van der Waals surface area contributed by atoms with Gasteiger partial charge in [-0.15, -0.1) is 5.10 Å². The fraction of sp³-hybridized carbons (Fsp3) is 0.500. The van der Waals surface area contributed by atoms with Gasteiger partial charge in [-0.3, -0.25) is 9.59 Å². The second-order valence-corrected chi connectivity index (χ2v) is 6.57. The van der Waals surface area contributed by atoms with E-state index in [0.717, 1.165) is 6.42 Å². The van der Waals surface area contributed by atoms with Gasteiger partial charge in [0.15, 0.2) is 0 Å². The molecule has 2 aromatic rings. The minimum absolute atomic E-state index is 0.171. The molecule has 140 valence electrons. The first-order valence-electron chi connectivity index (χ1n) is 8.75. The van der Waals surface area contributed by atoms with Gasteiger partial charge < -0.3 is 10.4 Å². The third-order valence-electron chi connectivity index (χ3n) is 4.15. The Bertz CT molecular complexity index is 831. The number of rotatable bonds is 9. The van der Waals surface area contributed by atoms with Gasteiger partial charge in [0.1, 0.15) is 11.6 Å². The van der Waals surface area contributed by atoms with Crippen molar-refractivity contribution in [2.24, 2.45) is 5.92 Å². The molecule has 26 heavy (non-hydrogen) atoms. The minimum atomic E-state index is -1.03. The largest absolute Gasteiger partial charge is 0.480 e. The summed E-state index contributed by atoms with van der Waals surface area (Å²) in [7, 11) is 0. The first kappa shape index (κ1) is 19.6. The number of unbranched alkanes of at least 4 members (excludes halogenated alkanes) is 2. The maximum Gasteiger partial charge on any atom is 0.326 e. The number of carbonyl (C=O) groups excluding carboxylic acids is 1. The van der Waals surface area contributed by atoms with Crippen molar-refractivity contribution in [3.63, 3.8) is 0 Å². The molecular weight excluding hydrogens is 336 g/mol. The van der Waals surface area contributed by atoms with E-state index < -0.39 is 12.0 Å². The quantitative estimate of drug-likeness (QED) is 0.656. The lowest BCUT2D eigenvalue weighted by molar-refractivity contribution is -0.143. The molecule has 1 aromatic heterocycles. The summed E-state index contributed by atoms with van der Waals surface area (Å²) in [4.78, 5) is 35.2. The van der Waals surface area contributed by atoms with Gasteiger partial charge in [0.25, 0.3) is 5.56 Å². The summed E-state index contributed by atoms with van der Waals surface area (Å²) in [6, 6.07) is 6.19. The summed E-state index contributed by atoms with van der Waals surface area (Å²) < 4.78 is 1.33. The molecule has 8 heteroatoms. The zero-order chi connectivity index (χ0) is 19.1. The van der Waals surface area contributed by atoms with Crippen molar-refractivity contribution in [1.29, 1.82) is 0 Å². The molecule has 0 saturated heterocycles. The summed E-state index contributed by atoms with van der Waals surface area (Å²) >= 11 is 0. The lowest BCUT2D eigenvalue weighted by Crippen LogP contribution is -2.44. The minimum Gasteiger partial charge on any atom is -0.480 e. The van der Waals surface area contributed by atoms with Gasteiger partial charge in [-0.05, 0) is 30.9 Å². The van der Waals surface area contributed by atoms with Crippen molar-refractivity contribution in [2.75, 3.05) is 0 Å². The van der Waals surface area contributed by atoms with Gasteiger partial charge in [0.05, 0.1) is 5.39 Å². The molecule has 1 amide bonds. The molecule has 0 fully saturated rings. The molecule has 1 atom stereocenters. The second kappa shape index (κ2) is 9.07. The van der Waals surface area contributed by atoms with Crippen LogP contribution in [0.1, 0.15) is 39.5 Å². The van der Waals surface area contributed by atoms with Gasteiger partial charge >= 0.3 is 5.97 Å². The van der Waals surface area contributed by atoms with Gasteiger partial charge in [-0.1, -0.05) is 37.6 Å². The van der Waals surface area contributed by atoms with Crippen LogP contribution < -0.4 is 10.9 Å². The molecule has 1 heterocycles.